The van der Waals surface area contributed by atoms with E-state index in [0.29, 0.717) is 43.5 Å². The summed E-state index contributed by atoms with van der Waals surface area (Å²) in [5.41, 5.74) is 3.83. The van der Waals surface area contributed by atoms with Crippen LogP contribution in [-0.2, 0) is 4.74 Å². The monoisotopic (exact) mass is 514 g/mol. The third-order valence-corrected chi connectivity index (χ3v) is 5.10. The molecule has 0 aliphatic carbocycles. The van der Waals surface area contributed by atoms with E-state index in [1.165, 1.54) is 18.3 Å². The number of non-ortho nitro benzene ring substituents is 1. The van der Waals surface area contributed by atoms with Crippen LogP contribution in [0.4, 0.5) is 29.2 Å². The van der Waals surface area contributed by atoms with Crippen LogP contribution in [0, 0.1) is 10.1 Å². The van der Waals surface area contributed by atoms with E-state index >= 15 is 0 Å². The number of benzene rings is 2. The SMILES string of the molecule is O=[N+]([O-])c1ccc(Nc2nc(N/N=C\c3cc(Br)ccc3O)nc(N3CCOCC3)n2)cc1. The molecule has 3 aromatic rings. The summed E-state index contributed by atoms with van der Waals surface area (Å²) >= 11 is 3.35. The molecule has 12 nitrogen and oxygen atoms in total. The first-order valence-corrected chi connectivity index (χ1v) is 10.6. The third-order valence-electron chi connectivity index (χ3n) is 4.61. The predicted octanol–water partition coefficient (Wildman–Crippen LogP) is 3.27. The van der Waals surface area contributed by atoms with Gasteiger partial charge in [0.25, 0.3) is 5.69 Å². The van der Waals surface area contributed by atoms with Gasteiger partial charge >= 0.3 is 0 Å². The Morgan fingerprint density at radius 1 is 1.12 bits per heavy atom. The van der Waals surface area contributed by atoms with Crippen LogP contribution in [0.15, 0.2) is 52.0 Å². The van der Waals surface area contributed by atoms with Crippen LogP contribution in [0.3, 0.4) is 0 Å². The number of nitrogens with one attached hydrogen (secondary N) is 2. The number of aromatic nitrogens is 3. The van der Waals surface area contributed by atoms with E-state index in [1.807, 2.05) is 4.90 Å². The highest BCUT2D eigenvalue weighted by Crippen LogP contribution is 2.22. The van der Waals surface area contributed by atoms with Crippen molar-refractivity contribution in [2.75, 3.05) is 41.9 Å². The highest BCUT2D eigenvalue weighted by Gasteiger charge is 2.17. The first-order valence-electron chi connectivity index (χ1n) is 9.86. The minimum Gasteiger partial charge on any atom is -0.507 e. The van der Waals surface area contributed by atoms with Gasteiger partial charge in [0.2, 0.25) is 17.8 Å². The van der Waals surface area contributed by atoms with Crippen molar-refractivity contribution >= 4 is 51.4 Å². The average Bonchev–Trinajstić information content (AvgIpc) is 2.82. The molecule has 1 aliphatic rings. The third kappa shape index (κ3) is 5.90. The maximum Gasteiger partial charge on any atom is 0.269 e. The molecule has 1 aliphatic heterocycles. The zero-order valence-electron chi connectivity index (χ0n) is 17.2. The second kappa shape index (κ2) is 10.2. The molecule has 1 aromatic heterocycles. The molecule has 2 aromatic carbocycles. The van der Waals surface area contributed by atoms with Gasteiger partial charge in [-0.3, -0.25) is 10.1 Å². The lowest BCUT2D eigenvalue weighted by Crippen LogP contribution is -2.37. The molecule has 0 saturated carbocycles. The average molecular weight is 515 g/mol. The smallest absolute Gasteiger partial charge is 0.269 e. The van der Waals surface area contributed by atoms with Gasteiger partial charge in [-0.25, -0.2) is 5.43 Å². The zero-order chi connectivity index (χ0) is 23.2. The van der Waals surface area contributed by atoms with Crippen molar-refractivity contribution in [3.63, 3.8) is 0 Å². The van der Waals surface area contributed by atoms with Crippen LogP contribution in [0.25, 0.3) is 0 Å². The van der Waals surface area contributed by atoms with E-state index in [2.05, 4.69) is 46.7 Å². The second-order valence-corrected chi connectivity index (χ2v) is 7.80. The summed E-state index contributed by atoms with van der Waals surface area (Å²) in [6, 6.07) is 10.9. The molecule has 4 rings (SSSR count). The number of ether oxygens (including phenoxy) is 1. The topological polar surface area (TPSA) is 151 Å². The van der Waals surface area contributed by atoms with Gasteiger partial charge in [-0.05, 0) is 30.3 Å². The number of nitro benzene ring substituents is 1. The zero-order valence-corrected chi connectivity index (χ0v) is 18.8. The summed E-state index contributed by atoms with van der Waals surface area (Å²) in [6.45, 7) is 2.35. The molecule has 0 spiro atoms. The van der Waals surface area contributed by atoms with Crippen LogP contribution in [0.2, 0.25) is 0 Å². The number of morpholine rings is 1. The Bertz CT molecular complexity index is 1170. The number of hydrogen-bond donors (Lipinski definition) is 3. The number of halogens is 1. The first-order chi connectivity index (χ1) is 16.0. The quantitative estimate of drug-likeness (QED) is 0.243. The van der Waals surface area contributed by atoms with E-state index in [4.69, 9.17) is 4.74 Å². The van der Waals surface area contributed by atoms with Crippen molar-refractivity contribution in [1.29, 1.82) is 0 Å². The fourth-order valence-electron chi connectivity index (χ4n) is 2.96. The summed E-state index contributed by atoms with van der Waals surface area (Å²) < 4.78 is 6.19. The second-order valence-electron chi connectivity index (χ2n) is 6.88. The highest BCUT2D eigenvalue weighted by atomic mass is 79.9. The Morgan fingerprint density at radius 3 is 2.58 bits per heavy atom. The van der Waals surface area contributed by atoms with E-state index in [0.717, 1.165) is 4.47 Å². The molecular weight excluding hydrogens is 496 g/mol. The molecule has 0 radical (unpaired) electrons. The van der Waals surface area contributed by atoms with Gasteiger partial charge in [-0.2, -0.15) is 20.1 Å². The fraction of sp³-hybridized carbons (Fsp3) is 0.200. The van der Waals surface area contributed by atoms with Gasteiger partial charge in [0, 0.05) is 40.9 Å². The summed E-state index contributed by atoms with van der Waals surface area (Å²) in [6.07, 6.45) is 1.45. The summed E-state index contributed by atoms with van der Waals surface area (Å²) in [7, 11) is 0. The number of aromatic hydroxyl groups is 1. The van der Waals surface area contributed by atoms with Crippen LogP contribution in [0.5, 0.6) is 5.75 Å². The number of hydrogen-bond acceptors (Lipinski definition) is 11. The van der Waals surface area contributed by atoms with E-state index in [-0.39, 0.29) is 23.3 Å². The normalized spacial score (nSPS) is 13.8. The minimum absolute atomic E-state index is 0.0160. The predicted molar refractivity (Wildman–Crippen MR) is 126 cm³/mol. The van der Waals surface area contributed by atoms with Crippen molar-refractivity contribution in [2.24, 2.45) is 5.10 Å². The Balaban J connectivity index is 1.57. The first kappa shape index (κ1) is 22.4. The molecule has 170 valence electrons. The van der Waals surface area contributed by atoms with Crippen LogP contribution in [-0.4, -0.2) is 57.5 Å². The number of rotatable bonds is 7. The lowest BCUT2D eigenvalue weighted by atomic mass is 10.2. The van der Waals surface area contributed by atoms with Crippen LogP contribution < -0.4 is 15.6 Å². The maximum atomic E-state index is 10.9. The Morgan fingerprint density at radius 2 is 1.85 bits per heavy atom. The molecule has 0 bridgehead atoms. The van der Waals surface area contributed by atoms with Gasteiger partial charge < -0.3 is 20.1 Å². The number of nitro groups is 1. The van der Waals surface area contributed by atoms with Crippen molar-refractivity contribution in [2.45, 2.75) is 0 Å². The van der Waals surface area contributed by atoms with Crippen molar-refractivity contribution < 1.29 is 14.8 Å². The highest BCUT2D eigenvalue weighted by molar-refractivity contribution is 9.10. The molecular formula is C20H19BrN8O4. The minimum atomic E-state index is -0.466. The van der Waals surface area contributed by atoms with E-state index in [1.54, 1.807) is 30.3 Å². The number of phenolic OH excluding ortho intramolecular Hbond substituents is 1. The van der Waals surface area contributed by atoms with Crippen molar-refractivity contribution in [3.8, 4) is 5.75 Å². The molecule has 0 amide bonds. The van der Waals surface area contributed by atoms with E-state index < -0.39 is 4.92 Å². The van der Waals surface area contributed by atoms with E-state index in [9.17, 15) is 15.2 Å². The van der Waals surface area contributed by atoms with Gasteiger partial charge in [-0.1, -0.05) is 15.9 Å². The molecule has 2 heterocycles. The van der Waals surface area contributed by atoms with Gasteiger partial charge in [-0.15, -0.1) is 0 Å². The van der Waals surface area contributed by atoms with Crippen molar-refractivity contribution in [3.05, 3.63) is 62.6 Å². The maximum absolute atomic E-state index is 10.9. The van der Waals surface area contributed by atoms with Gasteiger partial charge in [0.05, 0.1) is 24.4 Å². The Kier molecular flexibility index (Phi) is 6.90. The lowest BCUT2D eigenvalue weighted by molar-refractivity contribution is -0.384. The molecule has 13 heteroatoms. The van der Waals surface area contributed by atoms with Crippen LogP contribution >= 0.6 is 15.9 Å². The molecule has 0 unspecified atom stereocenters. The largest absolute Gasteiger partial charge is 0.507 e. The van der Waals surface area contributed by atoms with Gasteiger partial charge in [0.15, 0.2) is 0 Å². The number of anilines is 4. The molecule has 0 atom stereocenters. The number of hydrazone groups is 1. The Hall–Kier alpha value is -3.84. The standard InChI is InChI=1S/C20H19BrN8O4/c21-14-1-6-17(30)13(11-14)12-22-27-19-24-18(23-15-2-4-16(5-3-15)29(31)32)25-20(26-19)28-7-9-33-10-8-28/h1-6,11-12,30H,7-10H2,(H2,23,24,25,26,27)/b22-12-. The summed E-state index contributed by atoms with van der Waals surface area (Å²) in [5.74, 6) is 0.930. The van der Waals surface area contributed by atoms with Crippen LogP contribution in [0.1, 0.15) is 5.56 Å². The molecule has 33 heavy (non-hydrogen) atoms. The summed E-state index contributed by atoms with van der Waals surface area (Å²) in [5, 5.41) is 28.0. The van der Waals surface area contributed by atoms with Gasteiger partial charge in [0.1, 0.15) is 5.75 Å². The molecule has 1 saturated heterocycles. The lowest BCUT2D eigenvalue weighted by Gasteiger charge is -2.27. The van der Waals surface area contributed by atoms with Crippen molar-refractivity contribution in [1.82, 2.24) is 15.0 Å². The summed E-state index contributed by atoms with van der Waals surface area (Å²) in [4.78, 5) is 25.6. The Labute approximate surface area is 196 Å². The number of nitrogens with zero attached hydrogens (tertiary/aromatic N) is 6. The number of phenols is 1. The molecule has 1 fully saturated rings. The fourth-order valence-corrected chi connectivity index (χ4v) is 3.34. The molecule has 3 N–H and O–H groups in total.